The van der Waals surface area contributed by atoms with Crippen LogP contribution in [0.4, 0.5) is 18.9 Å². The lowest BCUT2D eigenvalue weighted by atomic mass is 9.85. The highest BCUT2D eigenvalue weighted by Gasteiger charge is 2.61. The Labute approximate surface area is 198 Å². The van der Waals surface area contributed by atoms with E-state index in [1.165, 1.54) is 0 Å². The molecular formula is C23H22ClF3N2O5. The summed E-state index contributed by atoms with van der Waals surface area (Å²) in [6.45, 7) is 2.47. The molecule has 182 valence electrons. The summed E-state index contributed by atoms with van der Waals surface area (Å²) in [6, 6.07) is 1.22. The highest BCUT2D eigenvalue weighted by Crippen LogP contribution is 2.53. The van der Waals surface area contributed by atoms with Gasteiger partial charge in [0, 0.05) is 0 Å². The second kappa shape index (κ2) is 8.72. The molecule has 1 saturated carbocycles. The van der Waals surface area contributed by atoms with E-state index in [0.29, 0.717) is 6.07 Å². The van der Waals surface area contributed by atoms with Gasteiger partial charge in [-0.2, -0.15) is 13.2 Å². The Balaban J connectivity index is 1.42. The minimum Gasteiger partial charge on any atom is -0.454 e. The second-order valence-corrected chi connectivity index (χ2v) is 9.49. The average molecular weight is 499 g/mol. The number of ether oxygens (including phenoxy) is 1. The SMILES string of the molecule is CC(C)[C@H](C(=O)OCC(=O)Nc1cc(C(F)(F)F)ccc1Cl)N1C(=O)[C@H]2[C@H](C1=O)[C@H]1C=C[C@H]2C1. The van der Waals surface area contributed by atoms with Crippen LogP contribution in [0.25, 0.3) is 0 Å². The van der Waals surface area contributed by atoms with E-state index < -0.39 is 65.8 Å². The number of carbonyl (C=O) groups excluding carboxylic acids is 4. The zero-order valence-corrected chi connectivity index (χ0v) is 19.0. The molecule has 1 aliphatic heterocycles. The van der Waals surface area contributed by atoms with Gasteiger partial charge < -0.3 is 10.1 Å². The lowest BCUT2D eigenvalue weighted by molar-refractivity contribution is -0.162. The van der Waals surface area contributed by atoms with Gasteiger partial charge in [-0.25, -0.2) is 4.79 Å². The van der Waals surface area contributed by atoms with E-state index in [1.54, 1.807) is 13.8 Å². The molecule has 34 heavy (non-hydrogen) atoms. The van der Waals surface area contributed by atoms with E-state index in [-0.39, 0.29) is 22.5 Å². The summed E-state index contributed by atoms with van der Waals surface area (Å²) in [5, 5.41) is 2.05. The Hall–Kier alpha value is -2.88. The van der Waals surface area contributed by atoms with Gasteiger partial charge in [0.15, 0.2) is 6.61 Å². The van der Waals surface area contributed by atoms with Crippen molar-refractivity contribution < 1.29 is 37.1 Å². The molecule has 0 unspecified atom stereocenters. The van der Waals surface area contributed by atoms with Gasteiger partial charge in [0.1, 0.15) is 6.04 Å². The number of nitrogens with one attached hydrogen (secondary N) is 1. The van der Waals surface area contributed by atoms with Crippen molar-refractivity contribution in [1.82, 2.24) is 4.90 Å². The van der Waals surface area contributed by atoms with Gasteiger partial charge in [0.2, 0.25) is 11.8 Å². The van der Waals surface area contributed by atoms with E-state index in [4.69, 9.17) is 16.3 Å². The third-order valence-corrected chi connectivity index (χ3v) is 6.90. The molecule has 1 N–H and O–H groups in total. The van der Waals surface area contributed by atoms with Gasteiger partial charge >= 0.3 is 12.1 Å². The summed E-state index contributed by atoms with van der Waals surface area (Å²) >= 11 is 5.86. The summed E-state index contributed by atoms with van der Waals surface area (Å²) in [7, 11) is 0. The van der Waals surface area contributed by atoms with Crippen molar-refractivity contribution in [3.05, 3.63) is 40.9 Å². The van der Waals surface area contributed by atoms with Crippen LogP contribution < -0.4 is 5.32 Å². The van der Waals surface area contributed by atoms with Crippen LogP contribution in [0.1, 0.15) is 25.8 Å². The first-order chi connectivity index (χ1) is 15.9. The van der Waals surface area contributed by atoms with E-state index in [9.17, 15) is 32.3 Å². The quantitative estimate of drug-likeness (QED) is 0.367. The van der Waals surface area contributed by atoms with Crippen molar-refractivity contribution in [3.8, 4) is 0 Å². The van der Waals surface area contributed by atoms with E-state index >= 15 is 0 Å². The highest BCUT2D eigenvalue weighted by atomic mass is 35.5. The number of rotatable bonds is 6. The number of esters is 1. The number of amides is 3. The van der Waals surface area contributed by atoms with Crippen molar-refractivity contribution in [1.29, 1.82) is 0 Å². The lowest BCUT2D eigenvalue weighted by Gasteiger charge is -2.28. The number of nitrogens with zero attached hydrogens (tertiary/aromatic N) is 1. The first-order valence-electron chi connectivity index (χ1n) is 10.8. The molecule has 4 rings (SSSR count). The van der Waals surface area contributed by atoms with E-state index in [0.717, 1.165) is 23.5 Å². The molecule has 0 spiro atoms. The van der Waals surface area contributed by atoms with Crippen molar-refractivity contribution >= 4 is 41.0 Å². The summed E-state index contributed by atoms with van der Waals surface area (Å²) in [5.41, 5.74) is -1.30. The molecule has 3 aliphatic rings. The first kappa shape index (κ1) is 24.3. The van der Waals surface area contributed by atoms with Crippen LogP contribution in [0.5, 0.6) is 0 Å². The van der Waals surface area contributed by atoms with Crippen molar-refractivity contribution in [3.63, 3.8) is 0 Å². The monoisotopic (exact) mass is 498 g/mol. The average Bonchev–Trinajstić information content (AvgIpc) is 3.43. The fraction of sp³-hybridized carbons (Fsp3) is 0.478. The van der Waals surface area contributed by atoms with Gasteiger partial charge in [-0.3, -0.25) is 19.3 Å². The summed E-state index contributed by atoms with van der Waals surface area (Å²) in [6.07, 6.45) is -0.0161. The Morgan fingerprint density at radius 1 is 1.15 bits per heavy atom. The number of hydrogen-bond donors (Lipinski definition) is 1. The molecule has 11 heteroatoms. The van der Waals surface area contributed by atoms with Gasteiger partial charge in [-0.1, -0.05) is 37.6 Å². The molecule has 2 fully saturated rings. The molecule has 1 saturated heterocycles. The number of fused-ring (bicyclic) bond motifs is 5. The maximum Gasteiger partial charge on any atom is 0.416 e. The van der Waals surface area contributed by atoms with Gasteiger partial charge in [0.05, 0.1) is 28.1 Å². The third kappa shape index (κ3) is 4.19. The Morgan fingerprint density at radius 2 is 1.74 bits per heavy atom. The molecule has 7 nitrogen and oxygen atoms in total. The molecule has 5 atom stereocenters. The smallest absolute Gasteiger partial charge is 0.416 e. The van der Waals surface area contributed by atoms with Gasteiger partial charge in [-0.05, 0) is 42.4 Å². The molecule has 0 aromatic heterocycles. The maximum atomic E-state index is 13.0. The van der Waals surface area contributed by atoms with Crippen LogP contribution in [-0.4, -0.2) is 41.2 Å². The summed E-state index contributed by atoms with van der Waals surface area (Å²) in [4.78, 5) is 52.1. The predicted molar refractivity (Wildman–Crippen MR) is 114 cm³/mol. The van der Waals surface area contributed by atoms with Crippen molar-refractivity contribution in [2.24, 2.45) is 29.6 Å². The molecule has 3 amide bonds. The van der Waals surface area contributed by atoms with Crippen LogP contribution in [0.15, 0.2) is 30.4 Å². The summed E-state index contributed by atoms with van der Waals surface area (Å²) < 4.78 is 43.8. The zero-order valence-electron chi connectivity index (χ0n) is 18.3. The number of allylic oxidation sites excluding steroid dienone is 2. The van der Waals surface area contributed by atoms with E-state index in [1.807, 2.05) is 12.2 Å². The van der Waals surface area contributed by atoms with Crippen LogP contribution in [0.2, 0.25) is 5.02 Å². The van der Waals surface area contributed by atoms with Crippen LogP contribution in [-0.2, 0) is 30.1 Å². The van der Waals surface area contributed by atoms with Gasteiger partial charge in [0.25, 0.3) is 5.91 Å². The van der Waals surface area contributed by atoms with Crippen molar-refractivity contribution in [2.75, 3.05) is 11.9 Å². The number of carbonyl (C=O) groups is 4. The largest absolute Gasteiger partial charge is 0.454 e. The number of imide groups is 1. The Morgan fingerprint density at radius 3 is 2.26 bits per heavy atom. The number of hydrogen-bond acceptors (Lipinski definition) is 5. The molecule has 2 aliphatic carbocycles. The number of anilines is 1. The Bertz CT molecular complexity index is 1060. The highest BCUT2D eigenvalue weighted by molar-refractivity contribution is 6.33. The molecule has 1 heterocycles. The van der Waals surface area contributed by atoms with Crippen LogP contribution in [0, 0.1) is 29.6 Å². The number of alkyl halides is 3. The fourth-order valence-electron chi connectivity index (χ4n) is 5.08. The topological polar surface area (TPSA) is 92.8 Å². The second-order valence-electron chi connectivity index (χ2n) is 9.08. The third-order valence-electron chi connectivity index (χ3n) is 6.57. The standard InChI is InChI=1S/C23H22ClF3N2O5/c1-10(2)19(29-20(31)17-11-3-4-12(7-11)18(17)21(29)32)22(33)34-9-16(30)28-15-8-13(23(25,26)27)5-6-14(15)24/h3-6,8,10-12,17-19H,7,9H2,1-2H3,(H,28,30)/t11-,12-,17+,18+,19+/m0/s1. The minimum atomic E-state index is -4.64. The fourth-order valence-corrected chi connectivity index (χ4v) is 5.25. The van der Waals surface area contributed by atoms with Gasteiger partial charge in [-0.15, -0.1) is 0 Å². The minimum absolute atomic E-state index is 0.0247. The molecule has 1 aromatic rings. The normalized spacial score (nSPS) is 26.3. The number of halogens is 4. The number of benzene rings is 1. The summed E-state index contributed by atoms with van der Waals surface area (Å²) in [5.74, 6) is -4.19. The molecule has 2 bridgehead atoms. The molecular weight excluding hydrogens is 477 g/mol. The molecule has 0 radical (unpaired) electrons. The van der Waals surface area contributed by atoms with E-state index in [2.05, 4.69) is 5.32 Å². The Kier molecular flexibility index (Phi) is 6.22. The molecule has 1 aromatic carbocycles. The van der Waals surface area contributed by atoms with Crippen LogP contribution in [0.3, 0.4) is 0 Å². The lowest BCUT2D eigenvalue weighted by Crippen LogP contribution is -2.50. The first-order valence-corrected chi connectivity index (χ1v) is 11.2. The number of likely N-dealkylation sites (tertiary alicyclic amines) is 1. The maximum absolute atomic E-state index is 13.0. The van der Waals surface area contributed by atoms with Crippen molar-refractivity contribution in [2.45, 2.75) is 32.5 Å². The predicted octanol–water partition coefficient (Wildman–Crippen LogP) is 3.67. The zero-order chi connectivity index (χ0) is 24.9. The van der Waals surface area contributed by atoms with Crippen LogP contribution >= 0.6 is 11.6 Å².